The van der Waals surface area contributed by atoms with Gasteiger partial charge in [-0.2, -0.15) is 26.0 Å². The molecule has 1 aromatic rings. The van der Waals surface area contributed by atoms with Crippen molar-refractivity contribution >= 4 is 17.9 Å². The minimum absolute atomic E-state index is 0. The summed E-state index contributed by atoms with van der Waals surface area (Å²) >= 11 is 0. The number of ether oxygens (including phenoxy) is 3. The van der Waals surface area contributed by atoms with Gasteiger partial charge in [0.1, 0.15) is 0 Å². The Morgan fingerprint density at radius 3 is 1.38 bits per heavy atom. The van der Waals surface area contributed by atoms with Crippen LogP contribution in [0.2, 0.25) is 0 Å². The SMILES string of the molecule is C=C(F)C(=O)OC.C=C(F)C(=O)OC1CC[CH-]CC1.C=C(F)C(=O)OC[CH2-].[CH3-].[Rf].[Rf].[Rf].c1ccccc1. The van der Waals surface area contributed by atoms with Crippen LogP contribution in [-0.2, 0) is 28.6 Å². The maximum atomic E-state index is 12.2. The molecule has 0 bridgehead atoms. The minimum Gasteiger partial charge on any atom is -0.494 e. The molecule has 1 aliphatic rings. The zero-order valence-electron chi connectivity index (χ0n) is 21.7. The van der Waals surface area contributed by atoms with Gasteiger partial charge in [-0.3, -0.25) is 0 Å². The van der Waals surface area contributed by atoms with Crippen LogP contribution in [0, 0.1) is 20.8 Å². The summed E-state index contributed by atoms with van der Waals surface area (Å²) in [6.45, 7) is 11.4. The Bertz CT molecular complexity index is 733. The average Bonchev–Trinajstić information content (AvgIpc) is 2.81. The standard InChI is InChI=1S/C9H12FO2.C6H6.C5H6FO2.C4H5FO2.CH3.3Rf/c1-7(10)9(11)12-8-5-3-2-4-6-8;1-2-4-6-5-3-1;1-3-8-5(7)4(2)6;1-3(5)4(6)7-2;;;;/h2,8H,1,3-6H2;1-6H;1-3H2;1H2,2H3;1H3;;;/q-1;;-1;;-1;;;. The van der Waals surface area contributed by atoms with Crippen LogP contribution < -0.4 is 0 Å². The summed E-state index contributed by atoms with van der Waals surface area (Å²) in [4.78, 5) is 30.5. The summed E-state index contributed by atoms with van der Waals surface area (Å²) < 4.78 is 48.0. The van der Waals surface area contributed by atoms with Gasteiger partial charge in [0.15, 0.2) is 0 Å². The van der Waals surface area contributed by atoms with Gasteiger partial charge in [-0.1, -0.05) is 56.1 Å². The zero-order chi connectivity index (χ0) is 25.6. The van der Waals surface area contributed by atoms with E-state index in [4.69, 9.17) is 4.74 Å². The number of halogens is 3. The number of hydrogen-bond acceptors (Lipinski definition) is 6. The average molecular weight is 1290 g/mol. The van der Waals surface area contributed by atoms with E-state index in [1.54, 1.807) is 0 Å². The van der Waals surface area contributed by atoms with Crippen molar-refractivity contribution in [3.05, 3.63) is 94.4 Å². The molecule has 0 aromatic heterocycles. The largest absolute Gasteiger partial charge is 0.494 e. The molecule has 0 unspecified atom stereocenters. The quantitative estimate of drug-likeness (QED) is 0.161. The fourth-order valence-electron chi connectivity index (χ4n) is 1.90. The number of esters is 3. The predicted molar refractivity (Wildman–Crippen MR) is 125 cm³/mol. The number of hydrogen-bond donors (Lipinski definition) is 0. The molecule has 198 valence electrons. The van der Waals surface area contributed by atoms with Crippen LogP contribution in [0.1, 0.15) is 25.7 Å². The fraction of sp³-hybridized carbons (Fsp3) is 0.280. The van der Waals surface area contributed by atoms with Crippen molar-refractivity contribution in [2.45, 2.75) is 31.8 Å². The number of benzene rings is 1. The predicted octanol–water partition coefficient (Wildman–Crippen LogP) is 5.79. The Balaban J connectivity index is -0.0000000864. The number of methoxy groups -OCH3 is 1. The number of carbonyl (C=O) groups excluding carboxylic acids is 3. The molecular formula is C25H32F3O6Rf3-3. The van der Waals surface area contributed by atoms with Crippen LogP contribution in [0.5, 0.6) is 0 Å². The second-order valence-corrected chi connectivity index (χ2v) is 5.97. The van der Waals surface area contributed by atoms with Crippen molar-refractivity contribution in [3.8, 4) is 0 Å². The molecule has 0 aliphatic heterocycles. The van der Waals surface area contributed by atoms with E-state index in [-0.39, 0.29) is 20.1 Å². The van der Waals surface area contributed by atoms with Gasteiger partial charge in [0.25, 0.3) is 0 Å². The van der Waals surface area contributed by atoms with Crippen molar-refractivity contribution < 1.29 is 41.8 Å². The molecule has 1 aromatic carbocycles. The molecule has 12 heteroatoms. The second-order valence-electron chi connectivity index (χ2n) is 5.97. The van der Waals surface area contributed by atoms with E-state index in [2.05, 4.69) is 42.6 Å². The van der Waals surface area contributed by atoms with Crippen molar-refractivity contribution in [2.75, 3.05) is 13.7 Å². The first-order valence-electron chi connectivity index (χ1n) is 9.67. The van der Waals surface area contributed by atoms with Crippen LogP contribution in [0.3, 0.4) is 0 Å². The molecule has 0 radical (unpaired) electrons. The maximum absolute atomic E-state index is 12.2. The molecule has 0 spiro atoms. The summed E-state index contributed by atoms with van der Waals surface area (Å²) in [5, 5.41) is 0. The van der Waals surface area contributed by atoms with Gasteiger partial charge in [-0.25, -0.2) is 14.4 Å². The fourth-order valence-corrected chi connectivity index (χ4v) is 1.90. The molecule has 37 heavy (non-hydrogen) atoms. The van der Waals surface area contributed by atoms with E-state index >= 15 is 0 Å². The summed E-state index contributed by atoms with van der Waals surface area (Å²) in [5.74, 6) is -6.14. The maximum Gasteiger partial charge on any atom is 0.366 e. The summed E-state index contributed by atoms with van der Waals surface area (Å²) in [6, 6.07) is 12.0. The number of carbonyl (C=O) groups is 3. The van der Waals surface area contributed by atoms with Crippen molar-refractivity contribution in [1.82, 2.24) is 0 Å². The normalized spacial score (nSPS) is 10.6. The van der Waals surface area contributed by atoms with Crippen LogP contribution in [0.25, 0.3) is 0 Å². The number of rotatable bonds is 5. The third kappa shape index (κ3) is 27.6. The third-order valence-corrected chi connectivity index (χ3v) is 3.41. The molecule has 1 fully saturated rings. The molecule has 2 rings (SSSR count). The van der Waals surface area contributed by atoms with Crippen molar-refractivity contribution in [1.29, 1.82) is 0 Å². The van der Waals surface area contributed by atoms with Gasteiger partial charge in [0, 0.05) is 0 Å². The van der Waals surface area contributed by atoms with Crippen LogP contribution in [0.15, 0.2) is 73.6 Å². The van der Waals surface area contributed by atoms with Gasteiger partial charge in [0.05, 0.1) is 13.2 Å². The monoisotopic (exact) mass is 1290 g/mol. The van der Waals surface area contributed by atoms with E-state index in [0.29, 0.717) is 0 Å². The first-order valence-corrected chi connectivity index (χ1v) is 9.67. The molecule has 6 nitrogen and oxygen atoms in total. The first kappa shape index (κ1) is 44.3. The van der Waals surface area contributed by atoms with Crippen LogP contribution in [-0.4, -0.2) is 37.7 Å². The van der Waals surface area contributed by atoms with Crippen LogP contribution in [0.4, 0.5) is 13.2 Å². The van der Waals surface area contributed by atoms with Crippen molar-refractivity contribution in [2.24, 2.45) is 0 Å². The third-order valence-electron chi connectivity index (χ3n) is 3.41. The van der Waals surface area contributed by atoms with Crippen LogP contribution >= 0.6 is 0 Å². The summed E-state index contributed by atoms with van der Waals surface area (Å²) in [7, 11) is 1.09. The molecule has 1 saturated carbocycles. The van der Waals surface area contributed by atoms with Gasteiger partial charge in [-0.05, 0) is 19.4 Å². The van der Waals surface area contributed by atoms with E-state index in [1.165, 1.54) is 0 Å². The Hall–Kier alpha value is -6.36. The Morgan fingerprint density at radius 2 is 1.16 bits per heavy atom. The molecular weight excluding hydrogens is 1250 g/mol. The Morgan fingerprint density at radius 1 is 0.811 bits per heavy atom. The van der Waals surface area contributed by atoms with Gasteiger partial charge in [-0.15, -0.1) is 0 Å². The first-order chi connectivity index (χ1) is 15.6. The second kappa shape index (κ2) is 27.7. The van der Waals surface area contributed by atoms with E-state index in [0.717, 1.165) is 32.8 Å². The van der Waals surface area contributed by atoms with Gasteiger partial charge >= 0.3 is 17.9 Å². The van der Waals surface area contributed by atoms with Gasteiger partial charge in [0.2, 0.25) is 17.5 Å². The summed E-state index contributed by atoms with van der Waals surface area (Å²) in [6.07, 6.45) is 5.52. The zero-order valence-corrected chi connectivity index (χ0v) is 40.9. The molecule has 0 atom stereocenters. The van der Waals surface area contributed by atoms with Crippen molar-refractivity contribution in [3.63, 3.8) is 0 Å². The topological polar surface area (TPSA) is 78.9 Å². The smallest absolute Gasteiger partial charge is 0.366 e. The Kier molecular flexibility index (Phi) is 33.2. The summed E-state index contributed by atoms with van der Waals surface area (Å²) in [5.41, 5.74) is 0. The van der Waals surface area contributed by atoms with E-state index in [9.17, 15) is 27.6 Å². The molecule has 0 saturated heterocycles. The minimum atomic E-state index is -1.09. The molecule has 0 heterocycles. The van der Waals surface area contributed by atoms with E-state index < -0.39 is 35.4 Å². The van der Waals surface area contributed by atoms with E-state index in [1.807, 2.05) is 36.4 Å². The molecule has 0 amide bonds. The van der Waals surface area contributed by atoms with Gasteiger partial charge < -0.3 is 35.0 Å². The molecule has 0 N–H and O–H groups in total. The Labute approximate surface area is 200 Å². The molecule has 1 aliphatic carbocycles.